The molecule has 1 amide bonds. The molecule has 1 aromatic carbocycles. The summed E-state index contributed by atoms with van der Waals surface area (Å²) >= 11 is 5.79. The Balaban J connectivity index is 2.57. The number of carbonyl (C=O) groups is 2. The molecular weight excluding hydrogens is 292 g/mol. The first-order valence-electron chi connectivity index (χ1n) is 6.02. The molecule has 1 aromatic rings. The lowest BCUT2D eigenvalue weighted by atomic mass is 10.2. The number of anilines is 1. The van der Waals surface area contributed by atoms with Gasteiger partial charge in [-0.15, -0.1) is 0 Å². The largest absolute Gasteiger partial charge is 0.452 e. The van der Waals surface area contributed by atoms with Gasteiger partial charge in [-0.1, -0.05) is 29.8 Å². The third kappa shape index (κ3) is 5.93. The van der Waals surface area contributed by atoms with E-state index in [4.69, 9.17) is 21.6 Å². The Labute approximate surface area is 127 Å². The van der Waals surface area contributed by atoms with Crippen LogP contribution in [0.5, 0.6) is 0 Å². The Bertz CT molecular complexity index is 630. The highest BCUT2D eigenvalue weighted by atomic mass is 35.5. The minimum absolute atomic E-state index is 0.270. The van der Waals surface area contributed by atoms with E-state index in [0.717, 1.165) is 0 Å². The van der Waals surface area contributed by atoms with Crippen LogP contribution in [0.1, 0.15) is 12.5 Å². The number of carbonyl (C=O) groups excluding carboxylic acids is 2. The van der Waals surface area contributed by atoms with Crippen molar-refractivity contribution in [2.75, 3.05) is 11.9 Å². The van der Waals surface area contributed by atoms with Crippen molar-refractivity contribution in [3.63, 3.8) is 0 Å². The summed E-state index contributed by atoms with van der Waals surface area (Å²) in [5.41, 5.74) is 0.544. The highest BCUT2D eigenvalue weighted by Gasteiger charge is 2.09. The maximum atomic E-state index is 11.6. The van der Waals surface area contributed by atoms with Gasteiger partial charge in [0.05, 0.1) is 11.3 Å². The van der Waals surface area contributed by atoms with Gasteiger partial charge in [-0.25, -0.2) is 4.79 Å². The molecule has 0 heterocycles. The van der Waals surface area contributed by atoms with E-state index in [1.807, 2.05) is 6.07 Å². The van der Waals surface area contributed by atoms with E-state index >= 15 is 0 Å². The number of halogens is 1. The SMILES string of the molecule is C/C=C/C=C/C(=O)OCC(=O)Nc1cc(Cl)ccc1C#N. The van der Waals surface area contributed by atoms with Gasteiger partial charge in [-0.05, 0) is 25.1 Å². The molecule has 0 aromatic heterocycles. The number of esters is 1. The van der Waals surface area contributed by atoms with Crippen LogP contribution in [-0.4, -0.2) is 18.5 Å². The highest BCUT2D eigenvalue weighted by molar-refractivity contribution is 6.31. The third-order valence-electron chi connectivity index (χ3n) is 2.26. The zero-order chi connectivity index (χ0) is 15.7. The standard InChI is InChI=1S/C15H13ClN2O3/c1-2-3-4-5-15(20)21-10-14(19)18-13-8-12(16)7-6-11(13)9-17/h2-8H,10H2,1H3,(H,18,19)/b3-2+,5-4+. The Morgan fingerprint density at radius 3 is 2.86 bits per heavy atom. The van der Waals surface area contributed by atoms with Crippen molar-refractivity contribution >= 4 is 29.2 Å². The molecular formula is C15H13ClN2O3. The highest BCUT2D eigenvalue weighted by Crippen LogP contribution is 2.20. The summed E-state index contributed by atoms with van der Waals surface area (Å²) < 4.78 is 4.74. The summed E-state index contributed by atoms with van der Waals surface area (Å²) in [4.78, 5) is 22.9. The number of nitrogens with one attached hydrogen (secondary N) is 1. The molecule has 0 radical (unpaired) electrons. The molecule has 0 aliphatic carbocycles. The first-order chi connectivity index (χ1) is 10.1. The monoisotopic (exact) mass is 304 g/mol. The topological polar surface area (TPSA) is 79.2 Å². The fraction of sp³-hybridized carbons (Fsp3) is 0.133. The van der Waals surface area contributed by atoms with Gasteiger partial charge < -0.3 is 10.1 Å². The van der Waals surface area contributed by atoms with Crippen LogP contribution in [0.3, 0.4) is 0 Å². The van der Waals surface area contributed by atoms with Gasteiger partial charge in [0.15, 0.2) is 6.61 Å². The first kappa shape index (κ1) is 16.5. The van der Waals surface area contributed by atoms with Crippen LogP contribution in [0.2, 0.25) is 5.02 Å². The third-order valence-corrected chi connectivity index (χ3v) is 2.49. The molecule has 0 atom stereocenters. The molecule has 0 bridgehead atoms. The predicted molar refractivity (Wildman–Crippen MR) is 79.7 cm³/mol. The van der Waals surface area contributed by atoms with E-state index in [0.29, 0.717) is 5.02 Å². The molecule has 0 aliphatic rings. The quantitative estimate of drug-likeness (QED) is 0.515. The lowest BCUT2D eigenvalue weighted by molar-refractivity contribution is -0.142. The number of nitrogens with zero attached hydrogens (tertiary/aromatic N) is 1. The van der Waals surface area contributed by atoms with Crippen LogP contribution in [0.4, 0.5) is 5.69 Å². The number of nitriles is 1. The van der Waals surface area contributed by atoms with Crippen molar-refractivity contribution in [2.45, 2.75) is 6.92 Å². The summed E-state index contributed by atoms with van der Waals surface area (Å²) in [5, 5.41) is 11.8. The van der Waals surface area contributed by atoms with Gasteiger partial charge in [0.1, 0.15) is 6.07 Å². The minimum atomic E-state index is -0.630. The van der Waals surface area contributed by atoms with Crippen LogP contribution in [0.15, 0.2) is 42.5 Å². The van der Waals surface area contributed by atoms with E-state index in [9.17, 15) is 9.59 Å². The molecule has 0 saturated heterocycles. The molecule has 5 nitrogen and oxygen atoms in total. The molecule has 0 aliphatic heterocycles. The summed E-state index contributed by atoms with van der Waals surface area (Å²) in [5.74, 6) is -1.18. The lowest BCUT2D eigenvalue weighted by Gasteiger charge is -2.07. The number of rotatable bonds is 5. The van der Waals surface area contributed by atoms with Crippen molar-refractivity contribution in [1.29, 1.82) is 5.26 Å². The van der Waals surface area contributed by atoms with Crippen LogP contribution in [-0.2, 0) is 14.3 Å². The second-order valence-electron chi connectivity index (χ2n) is 3.84. The first-order valence-corrected chi connectivity index (χ1v) is 6.40. The number of benzene rings is 1. The summed E-state index contributed by atoms with van der Waals surface area (Å²) in [6.07, 6.45) is 6.11. The Hall–Kier alpha value is -2.58. The van der Waals surface area contributed by atoms with Crippen LogP contribution >= 0.6 is 11.6 Å². The van der Waals surface area contributed by atoms with E-state index in [-0.39, 0.29) is 11.3 Å². The second kappa shape index (κ2) is 8.56. The maximum absolute atomic E-state index is 11.6. The zero-order valence-corrected chi connectivity index (χ0v) is 12.1. The molecule has 108 valence electrons. The Morgan fingerprint density at radius 1 is 1.43 bits per heavy atom. The molecule has 0 spiro atoms. The smallest absolute Gasteiger partial charge is 0.331 e. The van der Waals surface area contributed by atoms with Crippen LogP contribution in [0.25, 0.3) is 0 Å². The lowest BCUT2D eigenvalue weighted by Crippen LogP contribution is -2.20. The van der Waals surface area contributed by atoms with Crippen molar-refractivity contribution in [1.82, 2.24) is 0 Å². The van der Waals surface area contributed by atoms with Crippen molar-refractivity contribution in [2.24, 2.45) is 0 Å². The fourth-order valence-electron chi connectivity index (χ4n) is 1.33. The number of hydrogen-bond acceptors (Lipinski definition) is 4. The maximum Gasteiger partial charge on any atom is 0.331 e. The van der Waals surface area contributed by atoms with Gasteiger partial charge >= 0.3 is 5.97 Å². The van der Waals surface area contributed by atoms with Crippen LogP contribution < -0.4 is 5.32 Å². The van der Waals surface area contributed by atoms with Gasteiger partial charge in [0.2, 0.25) is 0 Å². The van der Waals surface area contributed by atoms with E-state index in [1.54, 1.807) is 25.1 Å². The number of allylic oxidation sites excluding steroid dienone is 3. The van der Waals surface area contributed by atoms with Crippen molar-refractivity contribution < 1.29 is 14.3 Å². The Kier molecular flexibility index (Phi) is 6.72. The summed E-state index contributed by atoms with van der Waals surface area (Å²) in [7, 11) is 0. The summed E-state index contributed by atoms with van der Waals surface area (Å²) in [6, 6.07) is 6.41. The number of ether oxygens (including phenoxy) is 1. The molecule has 6 heteroatoms. The minimum Gasteiger partial charge on any atom is -0.452 e. The van der Waals surface area contributed by atoms with Gasteiger partial charge in [-0.2, -0.15) is 5.26 Å². The Morgan fingerprint density at radius 2 is 2.19 bits per heavy atom. The number of hydrogen-bond donors (Lipinski definition) is 1. The number of amides is 1. The van der Waals surface area contributed by atoms with Gasteiger partial charge in [0, 0.05) is 11.1 Å². The van der Waals surface area contributed by atoms with E-state index in [1.165, 1.54) is 24.3 Å². The fourth-order valence-corrected chi connectivity index (χ4v) is 1.51. The van der Waals surface area contributed by atoms with E-state index in [2.05, 4.69) is 5.32 Å². The molecule has 1 N–H and O–H groups in total. The molecule has 0 fully saturated rings. The van der Waals surface area contributed by atoms with Gasteiger partial charge in [0.25, 0.3) is 5.91 Å². The van der Waals surface area contributed by atoms with E-state index < -0.39 is 18.5 Å². The van der Waals surface area contributed by atoms with Crippen molar-refractivity contribution in [3.8, 4) is 6.07 Å². The summed E-state index contributed by atoms with van der Waals surface area (Å²) in [6.45, 7) is 1.36. The second-order valence-corrected chi connectivity index (χ2v) is 4.28. The molecule has 1 rings (SSSR count). The van der Waals surface area contributed by atoms with Crippen LogP contribution in [0, 0.1) is 11.3 Å². The zero-order valence-electron chi connectivity index (χ0n) is 11.3. The van der Waals surface area contributed by atoms with Gasteiger partial charge in [-0.3, -0.25) is 4.79 Å². The normalized spacial score (nSPS) is 10.5. The average molecular weight is 305 g/mol. The predicted octanol–water partition coefficient (Wildman–Crippen LogP) is 2.83. The molecule has 0 unspecified atom stereocenters. The molecule has 21 heavy (non-hydrogen) atoms. The average Bonchev–Trinajstić information content (AvgIpc) is 2.46. The molecule has 0 saturated carbocycles. The van der Waals surface area contributed by atoms with Crippen molar-refractivity contribution in [3.05, 3.63) is 53.1 Å².